The van der Waals surface area contributed by atoms with E-state index in [1.165, 1.54) is 0 Å². The number of hydrogen-bond acceptors (Lipinski definition) is 4. The van der Waals surface area contributed by atoms with Crippen LogP contribution in [-0.2, 0) is 11.3 Å². The molecule has 1 N–H and O–H groups in total. The summed E-state index contributed by atoms with van der Waals surface area (Å²) in [5, 5.41) is 8.48. The van der Waals surface area contributed by atoms with E-state index in [4.69, 9.17) is 16.3 Å². The topological polar surface area (TPSA) is 42.3 Å². The molecule has 0 fully saturated rings. The summed E-state index contributed by atoms with van der Waals surface area (Å²) >= 11 is 6.39. The molecule has 0 aliphatic heterocycles. The average molecular weight is 317 g/mol. The fourth-order valence-electron chi connectivity index (χ4n) is 2.50. The van der Waals surface area contributed by atoms with Crippen molar-refractivity contribution in [1.29, 1.82) is 0 Å². The smallest absolute Gasteiger partial charge is 0.0835 e. The van der Waals surface area contributed by atoms with Gasteiger partial charge in [-0.15, -0.1) is 0 Å². The van der Waals surface area contributed by atoms with Crippen molar-refractivity contribution in [2.45, 2.75) is 45.4 Å². The van der Waals surface area contributed by atoms with Gasteiger partial charge >= 0.3 is 0 Å². The van der Waals surface area contributed by atoms with Crippen molar-refractivity contribution in [1.82, 2.24) is 20.0 Å². The fourth-order valence-corrected chi connectivity index (χ4v) is 2.76. The summed E-state index contributed by atoms with van der Waals surface area (Å²) < 4.78 is 7.91. The Hall–Kier alpha value is -0.620. The van der Waals surface area contributed by atoms with E-state index in [1.54, 1.807) is 6.20 Å². The van der Waals surface area contributed by atoms with Crippen molar-refractivity contribution >= 4 is 11.6 Å². The average Bonchev–Trinajstić information content (AvgIpc) is 2.80. The van der Waals surface area contributed by atoms with Crippen molar-refractivity contribution in [3.05, 3.63) is 16.9 Å². The van der Waals surface area contributed by atoms with Crippen LogP contribution >= 0.6 is 11.6 Å². The molecule has 2 atom stereocenters. The van der Waals surface area contributed by atoms with E-state index in [-0.39, 0.29) is 12.1 Å². The van der Waals surface area contributed by atoms with Crippen LogP contribution in [-0.4, -0.2) is 55.1 Å². The quantitative estimate of drug-likeness (QED) is 0.720. The molecule has 0 aliphatic carbocycles. The first-order valence-corrected chi connectivity index (χ1v) is 8.07. The Morgan fingerprint density at radius 1 is 1.43 bits per heavy atom. The van der Waals surface area contributed by atoms with Gasteiger partial charge in [-0.1, -0.05) is 24.9 Å². The van der Waals surface area contributed by atoms with Crippen molar-refractivity contribution < 1.29 is 4.74 Å². The van der Waals surface area contributed by atoms with Gasteiger partial charge in [0.05, 0.1) is 35.6 Å². The van der Waals surface area contributed by atoms with Gasteiger partial charge in [0.15, 0.2) is 0 Å². The highest BCUT2D eigenvalue weighted by Crippen LogP contribution is 2.28. The van der Waals surface area contributed by atoms with Gasteiger partial charge in [0.1, 0.15) is 0 Å². The normalized spacial score (nSPS) is 14.6. The van der Waals surface area contributed by atoms with E-state index in [9.17, 15) is 0 Å². The van der Waals surface area contributed by atoms with Crippen LogP contribution in [0.15, 0.2) is 6.20 Å². The first-order valence-electron chi connectivity index (χ1n) is 7.69. The lowest BCUT2D eigenvalue weighted by atomic mass is 10.0. The van der Waals surface area contributed by atoms with Crippen LogP contribution in [0, 0.1) is 0 Å². The van der Waals surface area contributed by atoms with Crippen LogP contribution in [0.4, 0.5) is 0 Å². The molecule has 6 heteroatoms. The number of ether oxygens (including phenoxy) is 1. The molecule has 0 saturated heterocycles. The molecule has 1 rings (SSSR count). The van der Waals surface area contributed by atoms with Crippen LogP contribution in [0.25, 0.3) is 0 Å². The molecule has 0 saturated carbocycles. The molecule has 5 nitrogen and oxygen atoms in total. The zero-order chi connectivity index (χ0) is 15.8. The molecule has 1 aromatic rings. The largest absolute Gasteiger partial charge is 0.376 e. The summed E-state index contributed by atoms with van der Waals surface area (Å²) in [6.07, 6.45) is 3.91. The molecule has 122 valence electrons. The molecule has 0 bridgehead atoms. The number of nitrogens with one attached hydrogen (secondary N) is 1. The molecule has 0 amide bonds. The molecule has 1 heterocycles. The molecule has 21 heavy (non-hydrogen) atoms. The maximum Gasteiger partial charge on any atom is 0.0835 e. The fraction of sp³-hybridized carbons (Fsp3) is 0.800. The van der Waals surface area contributed by atoms with Crippen molar-refractivity contribution in [2.24, 2.45) is 0 Å². The Balaban J connectivity index is 2.99. The van der Waals surface area contributed by atoms with Crippen molar-refractivity contribution in [3.63, 3.8) is 0 Å². The lowest BCUT2D eigenvalue weighted by Gasteiger charge is -2.28. The molecular formula is C15H29ClN4O. The van der Waals surface area contributed by atoms with Crippen LogP contribution in [0.3, 0.4) is 0 Å². The van der Waals surface area contributed by atoms with Crippen molar-refractivity contribution in [3.8, 4) is 0 Å². The minimum absolute atomic E-state index is 0.0575. The summed E-state index contributed by atoms with van der Waals surface area (Å²) in [7, 11) is 6.06. The number of rotatable bonds is 10. The van der Waals surface area contributed by atoms with E-state index in [0.717, 1.165) is 31.6 Å². The third-order valence-corrected chi connectivity index (χ3v) is 3.81. The van der Waals surface area contributed by atoms with E-state index < -0.39 is 0 Å². The number of likely N-dealkylation sites (N-methyl/N-ethyl adjacent to an activating group) is 2. The van der Waals surface area contributed by atoms with Gasteiger partial charge in [0.2, 0.25) is 0 Å². The van der Waals surface area contributed by atoms with Gasteiger partial charge in [-0.25, -0.2) is 0 Å². The van der Waals surface area contributed by atoms with E-state index in [0.29, 0.717) is 11.6 Å². The molecule has 0 aromatic carbocycles. The Morgan fingerprint density at radius 2 is 2.14 bits per heavy atom. The van der Waals surface area contributed by atoms with Gasteiger partial charge in [0, 0.05) is 13.2 Å². The minimum Gasteiger partial charge on any atom is -0.376 e. The van der Waals surface area contributed by atoms with E-state index in [1.807, 2.05) is 18.7 Å². The molecule has 0 spiro atoms. The Labute approximate surface area is 133 Å². The first kappa shape index (κ1) is 18.4. The molecule has 1 aromatic heterocycles. The standard InChI is InChI=1S/C15H29ClN4O/c1-6-8-13(21-7-2)14(17-3)15-12(16)11-18-20(15)10-9-19(4)5/h11,13-14,17H,6-10H2,1-5H3. The highest BCUT2D eigenvalue weighted by atomic mass is 35.5. The Kier molecular flexibility index (Phi) is 8.26. The third kappa shape index (κ3) is 5.25. The van der Waals surface area contributed by atoms with E-state index >= 15 is 0 Å². The van der Waals surface area contributed by atoms with E-state index in [2.05, 4.69) is 36.3 Å². The highest BCUT2D eigenvalue weighted by Gasteiger charge is 2.27. The summed E-state index contributed by atoms with van der Waals surface area (Å²) in [5.41, 5.74) is 1.02. The molecule has 2 unspecified atom stereocenters. The third-order valence-electron chi connectivity index (χ3n) is 3.52. The molecule has 0 radical (unpaired) electrons. The number of hydrogen-bond donors (Lipinski definition) is 1. The minimum atomic E-state index is 0.0575. The van der Waals surface area contributed by atoms with Crippen LogP contribution in [0.2, 0.25) is 5.02 Å². The van der Waals surface area contributed by atoms with Gasteiger partial charge in [0.25, 0.3) is 0 Å². The zero-order valence-corrected chi connectivity index (χ0v) is 14.7. The highest BCUT2D eigenvalue weighted by molar-refractivity contribution is 6.31. The van der Waals surface area contributed by atoms with Gasteiger partial charge in [-0.05, 0) is 34.5 Å². The number of nitrogens with zero attached hydrogens (tertiary/aromatic N) is 3. The lowest BCUT2D eigenvalue weighted by Crippen LogP contribution is -2.34. The Bertz CT molecular complexity index is 402. The maximum atomic E-state index is 6.39. The lowest BCUT2D eigenvalue weighted by molar-refractivity contribution is 0.0273. The number of aromatic nitrogens is 2. The summed E-state index contributed by atoms with van der Waals surface area (Å²) in [6, 6.07) is 0.0575. The second-order valence-corrected chi connectivity index (χ2v) is 5.86. The second kappa shape index (κ2) is 9.41. The predicted octanol–water partition coefficient (Wildman–Crippen LogP) is 2.56. The summed E-state index contributed by atoms with van der Waals surface area (Å²) in [4.78, 5) is 2.14. The van der Waals surface area contributed by atoms with Crippen LogP contribution < -0.4 is 5.32 Å². The zero-order valence-electron chi connectivity index (χ0n) is 13.9. The van der Waals surface area contributed by atoms with Crippen LogP contribution in [0.5, 0.6) is 0 Å². The second-order valence-electron chi connectivity index (χ2n) is 5.45. The molecular weight excluding hydrogens is 288 g/mol. The predicted molar refractivity (Wildman–Crippen MR) is 87.9 cm³/mol. The summed E-state index contributed by atoms with van der Waals surface area (Å²) in [5.74, 6) is 0. The van der Waals surface area contributed by atoms with Gasteiger partial charge in [-0.3, -0.25) is 4.68 Å². The Morgan fingerprint density at radius 3 is 2.67 bits per heavy atom. The van der Waals surface area contributed by atoms with Gasteiger partial charge < -0.3 is 15.0 Å². The first-order chi connectivity index (χ1) is 10.0. The SMILES string of the molecule is CCCC(OCC)C(NC)c1c(Cl)cnn1CCN(C)C. The number of halogens is 1. The van der Waals surface area contributed by atoms with Gasteiger partial charge in [-0.2, -0.15) is 5.10 Å². The maximum absolute atomic E-state index is 6.39. The van der Waals surface area contributed by atoms with Crippen LogP contribution in [0.1, 0.15) is 38.4 Å². The molecule has 0 aliphatic rings. The van der Waals surface area contributed by atoms with Crippen molar-refractivity contribution in [2.75, 3.05) is 34.3 Å². The monoisotopic (exact) mass is 316 g/mol. The summed E-state index contributed by atoms with van der Waals surface area (Å²) in [6.45, 7) is 6.64.